The fourth-order valence-corrected chi connectivity index (χ4v) is 1.96. The quantitative estimate of drug-likeness (QED) is 0.857. The number of rotatable bonds is 6. The Labute approximate surface area is 116 Å². The summed E-state index contributed by atoms with van der Waals surface area (Å²) in [5.41, 5.74) is 8.09. The molecule has 106 valence electrons. The van der Waals surface area contributed by atoms with Crippen molar-refractivity contribution in [2.75, 3.05) is 6.54 Å². The van der Waals surface area contributed by atoms with Crippen molar-refractivity contribution >= 4 is 5.91 Å². The van der Waals surface area contributed by atoms with Gasteiger partial charge in [-0.25, -0.2) is 0 Å². The largest absolute Gasteiger partial charge is 0.339 e. The first-order chi connectivity index (χ1) is 8.83. The van der Waals surface area contributed by atoms with Crippen LogP contribution in [-0.2, 0) is 11.3 Å². The van der Waals surface area contributed by atoms with E-state index in [4.69, 9.17) is 5.73 Å². The predicted octanol–water partition coefficient (Wildman–Crippen LogP) is 2.86. The van der Waals surface area contributed by atoms with Crippen molar-refractivity contribution in [3.05, 3.63) is 35.4 Å². The van der Waals surface area contributed by atoms with Crippen molar-refractivity contribution in [2.45, 2.75) is 52.6 Å². The van der Waals surface area contributed by atoms with Gasteiger partial charge in [-0.15, -0.1) is 0 Å². The molecule has 1 aromatic carbocycles. The van der Waals surface area contributed by atoms with Crippen molar-refractivity contribution in [2.24, 2.45) is 5.73 Å². The first kappa shape index (κ1) is 15.7. The van der Waals surface area contributed by atoms with Gasteiger partial charge >= 0.3 is 0 Å². The Morgan fingerprint density at radius 3 is 2.47 bits per heavy atom. The predicted molar refractivity (Wildman–Crippen MR) is 79.8 cm³/mol. The summed E-state index contributed by atoms with van der Waals surface area (Å²) in [5.74, 6) is 0.185. The molecule has 1 rings (SSSR count). The Kier molecular flexibility index (Phi) is 5.55. The third kappa shape index (κ3) is 5.43. The number of aryl methyl sites for hydroxylation is 1. The van der Waals surface area contributed by atoms with Gasteiger partial charge in [0.05, 0.1) is 0 Å². The van der Waals surface area contributed by atoms with Crippen molar-refractivity contribution < 1.29 is 4.79 Å². The van der Waals surface area contributed by atoms with Gasteiger partial charge in [0.25, 0.3) is 0 Å². The molecule has 1 aromatic rings. The molecule has 1 amide bonds. The van der Waals surface area contributed by atoms with E-state index in [9.17, 15) is 4.79 Å². The molecule has 0 heterocycles. The maximum Gasteiger partial charge on any atom is 0.222 e. The van der Waals surface area contributed by atoms with E-state index in [1.807, 2.05) is 37.8 Å². The Balaban J connectivity index is 2.63. The molecule has 0 aliphatic heterocycles. The first-order valence-electron chi connectivity index (χ1n) is 6.94. The third-order valence-corrected chi connectivity index (χ3v) is 3.34. The van der Waals surface area contributed by atoms with Gasteiger partial charge in [-0.05, 0) is 45.2 Å². The van der Waals surface area contributed by atoms with Crippen LogP contribution in [0.5, 0.6) is 0 Å². The molecular formula is C16H26N2O. The molecule has 19 heavy (non-hydrogen) atoms. The lowest BCUT2D eigenvalue weighted by molar-refractivity contribution is -0.132. The molecule has 0 aliphatic carbocycles. The lowest BCUT2D eigenvalue weighted by Crippen LogP contribution is -2.36. The van der Waals surface area contributed by atoms with Gasteiger partial charge in [0.1, 0.15) is 0 Å². The van der Waals surface area contributed by atoms with Crippen molar-refractivity contribution in [3.63, 3.8) is 0 Å². The standard InChI is InChI=1S/C16H26N2O/c1-5-18(15(19)10-11-16(3,4)17)12-14-9-7-6-8-13(14)2/h6-9H,5,10-12,17H2,1-4H3. The minimum atomic E-state index is -0.280. The molecule has 0 spiro atoms. The molecule has 0 aromatic heterocycles. The second-order valence-electron chi connectivity index (χ2n) is 5.82. The smallest absolute Gasteiger partial charge is 0.222 e. The summed E-state index contributed by atoms with van der Waals surface area (Å²) in [6, 6.07) is 8.20. The summed E-state index contributed by atoms with van der Waals surface area (Å²) >= 11 is 0. The minimum absolute atomic E-state index is 0.185. The van der Waals surface area contributed by atoms with E-state index in [0.29, 0.717) is 13.0 Å². The zero-order chi connectivity index (χ0) is 14.5. The van der Waals surface area contributed by atoms with Crippen LogP contribution in [0.2, 0.25) is 0 Å². The van der Waals surface area contributed by atoms with Gasteiger partial charge in [-0.1, -0.05) is 24.3 Å². The lowest BCUT2D eigenvalue weighted by Gasteiger charge is -2.24. The second kappa shape index (κ2) is 6.71. The maximum atomic E-state index is 12.2. The maximum absolute atomic E-state index is 12.2. The number of carbonyl (C=O) groups excluding carboxylic acids is 1. The number of hydrogen-bond donors (Lipinski definition) is 1. The summed E-state index contributed by atoms with van der Waals surface area (Å²) in [4.78, 5) is 14.1. The highest BCUT2D eigenvalue weighted by atomic mass is 16.2. The van der Waals surface area contributed by atoms with E-state index in [0.717, 1.165) is 13.0 Å². The van der Waals surface area contributed by atoms with Crippen LogP contribution in [0, 0.1) is 6.92 Å². The molecule has 2 N–H and O–H groups in total. The molecule has 0 atom stereocenters. The summed E-state index contributed by atoms with van der Waals surface area (Å²) in [7, 11) is 0. The highest BCUT2D eigenvalue weighted by Crippen LogP contribution is 2.13. The SMILES string of the molecule is CCN(Cc1ccccc1C)C(=O)CCC(C)(C)N. The normalized spacial score (nSPS) is 11.4. The number of benzene rings is 1. The topological polar surface area (TPSA) is 46.3 Å². The van der Waals surface area contributed by atoms with Crippen LogP contribution < -0.4 is 5.73 Å². The van der Waals surface area contributed by atoms with Crippen LogP contribution >= 0.6 is 0 Å². The van der Waals surface area contributed by atoms with E-state index in [1.165, 1.54) is 11.1 Å². The van der Waals surface area contributed by atoms with E-state index < -0.39 is 0 Å². The highest BCUT2D eigenvalue weighted by molar-refractivity contribution is 5.76. The molecule has 0 aliphatic rings. The molecule has 0 unspecified atom stereocenters. The molecule has 0 bridgehead atoms. The molecule has 0 radical (unpaired) electrons. The number of hydrogen-bond acceptors (Lipinski definition) is 2. The fraction of sp³-hybridized carbons (Fsp3) is 0.562. The Morgan fingerprint density at radius 1 is 1.32 bits per heavy atom. The van der Waals surface area contributed by atoms with Crippen LogP contribution in [0.3, 0.4) is 0 Å². The average molecular weight is 262 g/mol. The molecule has 3 heteroatoms. The third-order valence-electron chi connectivity index (χ3n) is 3.34. The molecule has 3 nitrogen and oxygen atoms in total. The van der Waals surface area contributed by atoms with Crippen LogP contribution in [0.25, 0.3) is 0 Å². The van der Waals surface area contributed by atoms with Crippen molar-refractivity contribution in [1.82, 2.24) is 4.90 Å². The molecule has 0 fully saturated rings. The number of nitrogens with two attached hydrogens (primary N) is 1. The van der Waals surface area contributed by atoms with E-state index in [1.54, 1.807) is 0 Å². The number of nitrogens with zero attached hydrogens (tertiary/aromatic N) is 1. The summed E-state index contributed by atoms with van der Waals surface area (Å²) < 4.78 is 0. The summed E-state index contributed by atoms with van der Waals surface area (Å²) in [6.07, 6.45) is 1.24. The van der Waals surface area contributed by atoms with Crippen LogP contribution in [0.4, 0.5) is 0 Å². The second-order valence-corrected chi connectivity index (χ2v) is 5.82. The molecule has 0 saturated carbocycles. The fourth-order valence-electron chi connectivity index (χ4n) is 1.96. The Hall–Kier alpha value is -1.35. The first-order valence-corrected chi connectivity index (χ1v) is 6.94. The Bertz CT molecular complexity index is 421. The van der Waals surface area contributed by atoms with Crippen molar-refractivity contribution in [3.8, 4) is 0 Å². The van der Waals surface area contributed by atoms with Gasteiger partial charge in [0.15, 0.2) is 0 Å². The van der Waals surface area contributed by atoms with E-state index >= 15 is 0 Å². The van der Waals surface area contributed by atoms with E-state index in [2.05, 4.69) is 19.1 Å². The van der Waals surface area contributed by atoms with Crippen LogP contribution in [0.15, 0.2) is 24.3 Å². The van der Waals surface area contributed by atoms with E-state index in [-0.39, 0.29) is 11.4 Å². The van der Waals surface area contributed by atoms with Gasteiger partial charge in [0.2, 0.25) is 5.91 Å². The minimum Gasteiger partial charge on any atom is -0.339 e. The molecule has 0 saturated heterocycles. The molecular weight excluding hydrogens is 236 g/mol. The Morgan fingerprint density at radius 2 is 1.95 bits per heavy atom. The summed E-state index contributed by atoms with van der Waals surface area (Å²) in [5, 5.41) is 0. The van der Waals surface area contributed by atoms with Gasteiger partial charge in [0, 0.05) is 25.0 Å². The number of amides is 1. The van der Waals surface area contributed by atoms with Crippen LogP contribution in [0.1, 0.15) is 44.7 Å². The lowest BCUT2D eigenvalue weighted by atomic mass is 9.99. The monoisotopic (exact) mass is 262 g/mol. The van der Waals surface area contributed by atoms with Crippen molar-refractivity contribution in [1.29, 1.82) is 0 Å². The zero-order valence-corrected chi connectivity index (χ0v) is 12.6. The van der Waals surface area contributed by atoms with Gasteiger partial charge in [-0.3, -0.25) is 4.79 Å². The van der Waals surface area contributed by atoms with Crippen LogP contribution in [-0.4, -0.2) is 22.9 Å². The van der Waals surface area contributed by atoms with Gasteiger partial charge < -0.3 is 10.6 Å². The zero-order valence-electron chi connectivity index (χ0n) is 12.6. The van der Waals surface area contributed by atoms with Gasteiger partial charge in [-0.2, -0.15) is 0 Å². The average Bonchev–Trinajstić information content (AvgIpc) is 2.34. The highest BCUT2D eigenvalue weighted by Gasteiger charge is 2.17. The number of carbonyl (C=O) groups is 1. The summed E-state index contributed by atoms with van der Waals surface area (Å²) in [6.45, 7) is 9.43.